The van der Waals surface area contributed by atoms with Crippen molar-refractivity contribution in [1.29, 1.82) is 0 Å². The van der Waals surface area contributed by atoms with Gasteiger partial charge in [0.25, 0.3) is 0 Å². The predicted molar refractivity (Wildman–Crippen MR) is 70.2 cm³/mol. The van der Waals surface area contributed by atoms with Crippen LogP contribution in [-0.2, 0) is 6.54 Å². The van der Waals surface area contributed by atoms with Crippen molar-refractivity contribution < 1.29 is 17.9 Å². The SMILES string of the molecule is CCNCc1cccc(F)c1Oc1ccc(F)cc1F. The van der Waals surface area contributed by atoms with Crippen LogP contribution < -0.4 is 10.1 Å². The van der Waals surface area contributed by atoms with Crippen LogP contribution in [0.25, 0.3) is 0 Å². The Labute approximate surface area is 115 Å². The van der Waals surface area contributed by atoms with Crippen molar-refractivity contribution in [1.82, 2.24) is 5.32 Å². The Bertz CT molecular complexity index is 602. The van der Waals surface area contributed by atoms with Gasteiger partial charge in [0.05, 0.1) is 0 Å². The number of benzene rings is 2. The zero-order chi connectivity index (χ0) is 14.5. The summed E-state index contributed by atoms with van der Waals surface area (Å²) in [6, 6.07) is 7.35. The van der Waals surface area contributed by atoms with Crippen molar-refractivity contribution >= 4 is 0 Å². The van der Waals surface area contributed by atoms with E-state index in [4.69, 9.17) is 4.74 Å². The lowest BCUT2D eigenvalue weighted by Crippen LogP contribution is -2.13. The van der Waals surface area contributed by atoms with E-state index < -0.39 is 17.5 Å². The molecule has 5 heteroatoms. The molecule has 2 rings (SSSR count). The molecule has 2 nitrogen and oxygen atoms in total. The lowest BCUT2D eigenvalue weighted by atomic mass is 10.2. The first kappa shape index (κ1) is 14.4. The van der Waals surface area contributed by atoms with Crippen molar-refractivity contribution in [3.63, 3.8) is 0 Å². The van der Waals surface area contributed by atoms with E-state index in [-0.39, 0.29) is 11.5 Å². The number of hydrogen-bond acceptors (Lipinski definition) is 2. The third kappa shape index (κ3) is 3.30. The average Bonchev–Trinajstić information content (AvgIpc) is 2.42. The van der Waals surface area contributed by atoms with E-state index in [0.29, 0.717) is 24.7 Å². The third-order valence-electron chi connectivity index (χ3n) is 2.72. The van der Waals surface area contributed by atoms with E-state index in [1.165, 1.54) is 6.07 Å². The Hall–Kier alpha value is -2.01. The molecule has 0 radical (unpaired) electrons. The van der Waals surface area contributed by atoms with Gasteiger partial charge < -0.3 is 10.1 Å². The summed E-state index contributed by atoms with van der Waals surface area (Å²) in [4.78, 5) is 0. The normalized spacial score (nSPS) is 10.6. The Balaban J connectivity index is 2.32. The molecule has 1 N–H and O–H groups in total. The second-order valence-corrected chi connectivity index (χ2v) is 4.19. The van der Waals surface area contributed by atoms with Crippen molar-refractivity contribution in [3.8, 4) is 11.5 Å². The maximum absolute atomic E-state index is 13.8. The summed E-state index contributed by atoms with van der Waals surface area (Å²) in [6.07, 6.45) is 0. The average molecular weight is 281 g/mol. The van der Waals surface area contributed by atoms with Gasteiger partial charge in [-0.3, -0.25) is 0 Å². The molecule has 0 unspecified atom stereocenters. The molecule has 0 bridgehead atoms. The first-order chi connectivity index (χ1) is 9.61. The van der Waals surface area contributed by atoms with Crippen LogP contribution in [0.1, 0.15) is 12.5 Å². The van der Waals surface area contributed by atoms with Crippen LogP contribution in [-0.4, -0.2) is 6.54 Å². The molecule has 2 aromatic rings. The van der Waals surface area contributed by atoms with Crippen LogP contribution in [0.2, 0.25) is 0 Å². The molecule has 20 heavy (non-hydrogen) atoms. The van der Waals surface area contributed by atoms with Crippen LogP contribution in [0.5, 0.6) is 11.5 Å². The fourth-order valence-corrected chi connectivity index (χ4v) is 1.73. The number of halogens is 3. The molecule has 0 spiro atoms. The maximum atomic E-state index is 13.8. The summed E-state index contributed by atoms with van der Waals surface area (Å²) in [6.45, 7) is 3.02. The number of ether oxygens (including phenoxy) is 1. The highest BCUT2D eigenvalue weighted by atomic mass is 19.1. The highest BCUT2D eigenvalue weighted by molar-refractivity contribution is 5.39. The molecule has 0 aliphatic carbocycles. The molecule has 2 aromatic carbocycles. The summed E-state index contributed by atoms with van der Waals surface area (Å²) in [5.74, 6) is -2.45. The fraction of sp³-hybridized carbons (Fsp3) is 0.200. The lowest BCUT2D eigenvalue weighted by molar-refractivity contribution is 0.405. The van der Waals surface area contributed by atoms with Gasteiger partial charge in [0.15, 0.2) is 23.1 Å². The highest BCUT2D eigenvalue weighted by Crippen LogP contribution is 2.30. The molecule has 0 aliphatic heterocycles. The Morgan fingerprint density at radius 2 is 1.85 bits per heavy atom. The maximum Gasteiger partial charge on any atom is 0.168 e. The van der Waals surface area contributed by atoms with Crippen molar-refractivity contribution in [2.45, 2.75) is 13.5 Å². The van der Waals surface area contributed by atoms with E-state index in [0.717, 1.165) is 12.1 Å². The zero-order valence-electron chi connectivity index (χ0n) is 10.9. The molecule has 0 fully saturated rings. The highest BCUT2D eigenvalue weighted by Gasteiger charge is 2.13. The lowest BCUT2D eigenvalue weighted by Gasteiger charge is -2.13. The van der Waals surface area contributed by atoms with Gasteiger partial charge in [-0.1, -0.05) is 19.1 Å². The van der Waals surface area contributed by atoms with E-state index in [1.54, 1.807) is 12.1 Å². The quantitative estimate of drug-likeness (QED) is 0.894. The minimum Gasteiger partial charge on any atom is -0.451 e. The molecule has 0 atom stereocenters. The third-order valence-corrected chi connectivity index (χ3v) is 2.72. The summed E-state index contributed by atoms with van der Waals surface area (Å²) < 4.78 is 45.5. The minimum absolute atomic E-state index is 0.0565. The standard InChI is InChI=1S/C15H14F3NO/c1-2-19-9-10-4-3-5-12(17)15(10)20-14-7-6-11(16)8-13(14)18/h3-8,19H,2,9H2,1H3. The van der Waals surface area contributed by atoms with Gasteiger partial charge in [0, 0.05) is 18.2 Å². The number of para-hydroxylation sites is 1. The van der Waals surface area contributed by atoms with Crippen molar-refractivity contribution in [2.75, 3.05) is 6.54 Å². The number of nitrogens with one attached hydrogen (secondary N) is 1. The monoisotopic (exact) mass is 281 g/mol. The van der Waals surface area contributed by atoms with Gasteiger partial charge in [0.1, 0.15) is 5.82 Å². The molecular formula is C15H14F3NO. The molecule has 0 aromatic heterocycles. The largest absolute Gasteiger partial charge is 0.451 e. The van der Waals surface area contributed by atoms with Crippen LogP contribution in [0.15, 0.2) is 36.4 Å². The Morgan fingerprint density at radius 3 is 2.55 bits per heavy atom. The molecule has 0 saturated heterocycles. The fourth-order valence-electron chi connectivity index (χ4n) is 1.73. The van der Waals surface area contributed by atoms with Gasteiger partial charge >= 0.3 is 0 Å². The van der Waals surface area contributed by atoms with Crippen LogP contribution in [0.4, 0.5) is 13.2 Å². The smallest absolute Gasteiger partial charge is 0.168 e. The second-order valence-electron chi connectivity index (χ2n) is 4.19. The molecular weight excluding hydrogens is 267 g/mol. The summed E-state index contributed by atoms with van der Waals surface area (Å²) in [5, 5.41) is 3.04. The van der Waals surface area contributed by atoms with Gasteiger partial charge in [0.2, 0.25) is 0 Å². The topological polar surface area (TPSA) is 21.3 Å². The van der Waals surface area contributed by atoms with E-state index >= 15 is 0 Å². The van der Waals surface area contributed by atoms with Gasteiger partial charge in [-0.2, -0.15) is 0 Å². The molecule has 0 heterocycles. The van der Waals surface area contributed by atoms with Gasteiger partial charge in [-0.15, -0.1) is 0 Å². The van der Waals surface area contributed by atoms with Gasteiger partial charge in [-0.25, -0.2) is 13.2 Å². The summed E-state index contributed by atoms with van der Waals surface area (Å²) in [5.41, 5.74) is 0.565. The van der Waals surface area contributed by atoms with Gasteiger partial charge in [-0.05, 0) is 24.7 Å². The van der Waals surface area contributed by atoms with Crippen LogP contribution in [0.3, 0.4) is 0 Å². The first-order valence-corrected chi connectivity index (χ1v) is 6.23. The Morgan fingerprint density at radius 1 is 1.05 bits per heavy atom. The van der Waals surface area contributed by atoms with Crippen molar-refractivity contribution in [2.24, 2.45) is 0 Å². The molecule has 106 valence electrons. The summed E-state index contributed by atoms with van der Waals surface area (Å²) >= 11 is 0. The van der Waals surface area contributed by atoms with E-state index in [2.05, 4.69) is 5.32 Å². The molecule has 0 aliphatic rings. The number of hydrogen-bond donors (Lipinski definition) is 1. The first-order valence-electron chi connectivity index (χ1n) is 6.23. The predicted octanol–water partition coefficient (Wildman–Crippen LogP) is 4.01. The zero-order valence-corrected chi connectivity index (χ0v) is 10.9. The minimum atomic E-state index is -0.873. The number of rotatable bonds is 5. The second kappa shape index (κ2) is 6.43. The van der Waals surface area contributed by atoms with E-state index in [1.807, 2.05) is 6.92 Å². The Kier molecular flexibility index (Phi) is 4.63. The van der Waals surface area contributed by atoms with Crippen molar-refractivity contribution in [3.05, 3.63) is 59.4 Å². The molecule has 0 amide bonds. The van der Waals surface area contributed by atoms with Crippen LogP contribution in [0, 0.1) is 17.5 Å². The molecule has 0 saturated carbocycles. The van der Waals surface area contributed by atoms with E-state index in [9.17, 15) is 13.2 Å². The van der Waals surface area contributed by atoms with Crippen LogP contribution >= 0.6 is 0 Å². The summed E-state index contributed by atoms with van der Waals surface area (Å²) in [7, 11) is 0.